The minimum absolute atomic E-state index is 0.320. The van der Waals surface area contributed by atoms with E-state index in [1.807, 2.05) is 6.07 Å². The molecule has 2 aromatic rings. The van der Waals surface area contributed by atoms with Gasteiger partial charge in [0.15, 0.2) is 0 Å². The van der Waals surface area contributed by atoms with Crippen LogP contribution in [0.2, 0.25) is 0 Å². The first-order valence-electron chi connectivity index (χ1n) is 7.07. The lowest BCUT2D eigenvalue weighted by molar-refractivity contribution is 0.774. The van der Waals surface area contributed by atoms with Crippen LogP contribution >= 0.6 is 11.3 Å². The topological polar surface area (TPSA) is 49.8 Å². The fraction of sp³-hybridized carbons (Fsp3) is 0.467. The molecule has 0 aliphatic heterocycles. The van der Waals surface area contributed by atoms with Crippen LogP contribution in [0.4, 0.5) is 11.6 Å². The van der Waals surface area contributed by atoms with Crippen molar-refractivity contribution in [3.05, 3.63) is 34.3 Å². The highest BCUT2D eigenvalue weighted by Gasteiger charge is 2.08. The van der Waals surface area contributed by atoms with Crippen LogP contribution in [0, 0.1) is 0 Å². The summed E-state index contributed by atoms with van der Waals surface area (Å²) in [4.78, 5) is 9.14. The van der Waals surface area contributed by atoms with Crippen molar-refractivity contribution >= 4 is 23.0 Å². The number of thiophene rings is 1. The van der Waals surface area contributed by atoms with Crippen molar-refractivity contribution in [1.29, 1.82) is 0 Å². The molecule has 0 saturated heterocycles. The number of anilines is 2. The molecule has 2 rings (SSSR count). The van der Waals surface area contributed by atoms with E-state index in [9.17, 15) is 0 Å². The number of hydrogen-bond donors (Lipinski definition) is 2. The van der Waals surface area contributed by atoms with Crippen LogP contribution in [-0.2, 0) is 6.54 Å². The smallest absolute Gasteiger partial charge is 0.135 e. The Bertz CT molecular complexity index is 523. The van der Waals surface area contributed by atoms with Crippen LogP contribution in [0.1, 0.15) is 44.5 Å². The molecule has 0 bridgehead atoms. The van der Waals surface area contributed by atoms with Gasteiger partial charge in [0.1, 0.15) is 17.5 Å². The number of nitrogens with zero attached hydrogens (tertiary/aromatic N) is 2. The first-order valence-corrected chi connectivity index (χ1v) is 8.01. The van der Waals surface area contributed by atoms with Crippen LogP contribution in [0.5, 0.6) is 0 Å². The highest BCUT2D eigenvalue weighted by molar-refractivity contribution is 7.07. The first kappa shape index (κ1) is 14.8. The predicted molar refractivity (Wildman–Crippen MR) is 86.5 cm³/mol. The lowest BCUT2D eigenvalue weighted by Crippen LogP contribution is -2.09. The van der Waals surface area contributed by atoms with Crippen molar-refractivity contribution in [2.24, 2.45) is 0 Å². The minimum atomic E-state index is 0.320. The molecule has 0 aromatic carbocycles. The van der Waals surface area contributed by atoms with Crippen molar-refractivity contribution < 1.29 is 0 Å². The average molecular weight is 290 g/mol. The number of aromatic nitrogens is 2. The second kappa shape index (κ2) is 7.24. The summed E-state index contributed by atoms with van der Waals surface area (Å²) in [5.41, 5.74) is 1.28. The summed E-state index contributed by atoms with van der Waals surface area (Å²) in [6, 6.07) is 4.10. The Morgan fingerprint density at radius 1 is 1.20 bits per heavy atom. The Kier molecular flexibility index (Phi) is 5.35. The molecular weight excluding hydrogens is 268 g/mol. The zero-order valence-corrected chi connectivity index (χ0v) is 13.1. The van der Waals surface area contributed by atoms with E-state index >= 15 is 0 Å². The van der Waals surface area contributed by atoms with Gasteiger partial charge in [0.25, 0.3) is 0 Å². The van der Waals surface area contributed by atoms with Gasteiger partial charge < -0.3 is 10.6 Å². The van der Waals surface area contributed by atoms with Crippen molar-refractivity contribution in [3.63, 3.8) is 0 Å². The van der Waals surface area contributed by atoms with Gasteiger partial charge in [-0.15, -0.1) is 0 Å². The van der Waals surface area contributed by atoms with Gasteiger partial charge in [0, 0.05) is 25.1 Å². The standard InChI is InChI=1S/C15H22N4S/c1-4-6-16-13-8-14(19-15(18-13)11(2)3)17-9-12-5-7-20-10-12/h5,7-8,10-11H,4,6,9H2,1-3H3,(H2,16,17,18,19). The third kappa shape index (κ3) is 4.20. The first-order chi connectivity index (χ1) is 9.69. The zero-order valence-electron chi connectivity index (χ0n) is 12.3. The number of hydrogen-bond acceptors (Lipinski definition) is 5. The molecule has 0 radical (unpaired) electrons. The minimum Gasteiger partial charge on any atom is -0.370 e. The van der Waals surface area contributed by atoms with Crippen molar-refractivity contribution in [3.8, 4) is 0 Å². The largest absolute Gasteiger partial charge is 0.370 e. The second-order valence-corrected chi connectivity index (χ2v) is 5.84. The summed E-state index contributed by atoms with van der Waals surface area (Å²) in [5.74, 6) is 2.98. The monoisotopic (exact) mass is 290 g/mol. The van der Waals surface area contributed by atoms with Gasteiger partial charge in [-0.1, -0.05) is 20.8 Å². The number of nitrogens with one attached hydrogen (secondary N) is 2. The maximum Gasteiger partial charge on any atom is 0.135 e. The van der Waals surface area contributed by atoms with E-state index in [1.54, 1.807) is 11.3 Å². The Labute approximate surface area is 124 Å². The van der Waals surface area contributed by atoms with E-state index in [1.165, 1.54) is 5.56 Å². The zero-order chi connectivity index (χ0) is 14.4. The highest BCUT2D eigenvalue weighted by Crippen LogP contribution is 2.18. The molecule has 0 unspecified atom stereocenters. The fourth-order valence-electron chi connectivity index (χ4n) is 1.74. The van der Waals surface area contributed by atoms with Gasteiger partial charge in [-0.3, -0.25) is 0 Å². The summed E-state index contributed by atoms with van der Waals surface area (Å²) >= 11 is 1.71. The maximum atomic E-state index is 4.58. The highest BCUT2D eigenvalue weighted by atomic mass is 32.1. The van der Waals surface area contributed by atoms with E-state index in [-0.39, 0.29) is 0 Å². The summed E-state index contributed by atoms with van der Waals surface area (Å²) in [5, 5.41) is 10.9. The van der Waals surface area contributed by atoms with Crippen LogP contribution in [0.3, 0.4) is 0 Å². The Morgan fingerprint density at radius 3 is 2.55 bits per heavy atom. The molecule has 0 spiro atoms. The lowest BCUT2D eigenvalue weighted by atomic mass is 10.2. The Balaban J connectivity index is 2.11. The van der Waals surface area contributed by atoms with Crippen LogP contribution in [0.25, 0.3) is 0 Å². The normalized spacial score (nSPS) is 10.8. The van der Waals surface area contributed by atoms with Gasteiger partial charge in [-0.05, 0) is 28.8 Å². The van der Waals surface area contributed by atoms with E-state index < -0.39 is 0 Å². The molecule has 2 aromatic heterocycles. The van der Waals surface area contributed by atoms with Gasteiger partial charge in [0.05, 0.1) is 0 Å². The molecule has 20 heavy (non-hydrogen) atoms. The summed E-state index contributed by atoms with van der Waals surface area (Å²) in [6.45, 7) is 8.10. The second-order valence-electron chi connectivity index (χ2n) is 5.06. The fourth-order valence-corrected chi connectivity index (χ4v) is 2.41. The van der Waals surface area contributed by atoms with E-state index in [2.05, 4.69) is 58.2 Å². The molecule has 0 aliphatic carbocycles. The summed E-state index contributed by atoms with van der Waals surface area (Å²) < 4.78 is 0. The van der Waals surface area contributed by atoms with Gasteiger partial charge in [-0.25, -0.2) is 9.97 Å². The van der Waals surface area contributed by atoms with Crippen molar-refractivity contribution in [1.82, 2.24) is 9.97 Å². The number of rotatable bonds is 7. The van der Waals surface area contributed by atoms with E-state index in [4.69, 9.17) is 0 Å². The molecule has 5 heteroatoms. The van der Waals surface area contributed by atoms with E-state index in [0.29, 0.717) is 5.92 Å². The third-order valence-electron chi connectivity index (χ3n) is 2.87. The van der Waals surface area contributed by atoms with Crippen LogP contribution in [0.15, 0.2) is 22.9 Å². The summed E-state index contributed by atoms with van der Waals surface area (Å²) in [7, 11) is 0. The third-order valence-corrected chi connectivity index (χ3v) is 3.60. The van der Waals surface area contributed by atoms with Crippen molar-refractivity contribution in [2.75, 3.05) is 17.2 Å². The van der Waals surface area contributed by atoms with Gasteiger partial charge >= 0.3 is 0 Å². The molecule has 0 saturated carbocycles. The molecule has 0 atom stereocenters. The van der Waals surface area contributed by atoms with Crippen LogP contribution in [-0.4, -0.2) is 16.5 Å². The van der Waals surface area contributed by atoms with E-state index in [0.717, 1.165) is 37.0 Å². The average Bonchev–Trinajstić information content (AvgIpc) is 2.96. The van der Waals surface area contributed by atoms with Crippen molar-refractivity contribution in [2.45, 2.75) is 39.7 Å². The lowest BCUT2D eigenvalue weighted by Gasteiger charge is -2.12. The Morgan fingerprint density at radius 2 is 1.95 bits per heavy atom. The molecular formula is C15H22N4S. The maximum absolute atomic E-state index is 4.58. The predicted octanol–water partition coefficient (Wildman–Crippen LogP) is 4.10. The summed E-state index contributed by atoms with van der Waals surface area (Å²) in [6.07, 6.45) is 1.08. The molecule has 2 heterocycles. The molecule has 0 aliphatic rings. The van der Waals surface area contributed by atoms with Crippen LogP contribution < -0.4 is 10.6 Å². The Hall–Kier alpha value is -1.62. The SMILES string of the molecule is CCCNc1cc(NCc2ccsc2)nc(C(C)C)n1. The molecule has 0 fully saturated rings. The molecule has 0 amide bonds. The molecule has 108 valence electrons. The molecule has 4 nitrogen and oxygen atoms in total. The quantitative estimate of drug-likeness (QED) is 0.806. The molecule has 2 N–H and O–H groups in total. The van der Waals surface area contributed by atoms with Gasteiger partial charge in [0.2, 0.25) is 0 Å². The van der Waals surface area contributed by atoms with Gasteiger partial charge in [-0.2, -0.15) is 11.3 Å².